The molecule has 0 bridgehead atoms. The summed E-state index contributed by atoms with van der Waals surface area (Å²) < 4.78 is 0. The molecule has 0 spiro atoms. The molecule has 0 saturated carbocycles. The molecule has 5 heteroatoms. The molecule has 0 aliphatic heterocycles. The van der Waals surface area contributed by atoms with Crippen molar-refractivity contribution in [3.8, 4) is 0 Å². The van der Waals surface area contributed by atoms with Gasteiger partial charge in [-0.3, -0.25) is 9.69 Å². The molecule has 1 aromatic rings. The summed E-state index contributed by atoms with van der Waals surface area (Å²) in [7, 11) is 3.30. The number of hydrogen-bond acceptors (Lipinski definition) is 2. The van der Waals surface area contributed by atoms with Gasteiger partial charge in [0.05, 0.1) is 5.92 Å². The maximum Gasteiger partial charge on any atom is 0.323 e. The number of rotatable bonds is 5. The molecule has 5 nitrogen and oxygen atoms in total. The molecule has 1 atom stereocenters. The molecule has 0 heterocycles. The van der Waals surface area contributed by atoms with Crippen LogP contribution >= 0.6 is 0 Å². The SMILES string of the molecule is CCc1ccc(N(C)C(=O)N(C)CC(C)C(=O)O)cc1. The lowest BCUT2D eigenvalue weighted by molar-refractivity contribution is -0.141. The van der Waals surface area contributed by atoms with Crippen LogP contribution in [0.1, 0.15) is 19.4 Å². The second kappa shape index (κ2) is 6.93. The average molecular weight is 278 g/mol. The molecule has 0 aliphatic carbocycles. The van der Waals surface area contributed by atoms with Gasteiger partial charge in [0.2, 0.25) is 0 Å². The van der Waals surface area contributed by atoms with Crippen molar-refractivity contribution in [3.05, 3.63) is 29.8 Å². The van der Waals surface area contributed by atoms with Gasteiger partial charge in [-0.2, -0.15) is 0 Å². The van der Waals surface area contributed by atoms with Crippen molar-refractivity contribution in [3.63, 3.8) is 0 Å². The number of nitrogens with zero attached hydrogens (tertiary/aromatic N) is 2. The highest BCUT2D eigenvalue weighted by atomic mass is 16.4. The second-order valence-corrected chi connectivity index (χ2v) is 4.98. The predicted octanol–water partition coefficient (Wildman–Crippen LogP) is 2.46. The molecular weight excluding hydrogens is 256 g/mol. The monoisotopic (exact) mass is 278 g/mol. The minimum Gasteiger partial charge on any atom is -0.481 e. The first kappa shape index (κ1) is 16.0. The summed E-state index contributed by atoms with van der Waals surface area (Å²) in [5, 5.41) is 8.87. The van der Waals surface area contributed by atoms with Crippen LogP contribution in [0.25, 0.3) is 0 Å². The molecular formula is C15H22N2O3. The maximum atomic E-state index is 12.2. The normalized spacial score (nSPS) is 11.8. The summed E-state index contributed by atoms with van der Waals surface area (Å²) in [4.78, 5) is 26.0. The number of carbonyl (C=O) groups is 2. The Hall–Kier alpha value is -2.04. The van der Waals surface area contributed by atoms with E-state index in [4.69, 9.17) is 5.11 Å². The van der Waals surface area contributed by atoms with Gasteiger partial charge < -0.3 is 10.0 Å². The molecule has 0 radical (unpaired) electrons. The van der Waals surface area contributed by atoms with E-state index in [-0.39, 0.29) is 12.6 Å². The minimum atomic E-state index is -0.903. The molecule has 0 aliphatic rings. The first-order valence-corrected chi connectivity index (χ1v) is 6.67. The van der Waals surface area contributed by atoms with Gasteiger partial charge in [0.1, 0.15) is 0 Å². The van der Waals surface area contributed by atoms with E-state index in [1.165, 1.54) is 15.4 Å². The van der Waals surface area contributed by atoms with Crippen LogP contribution in [-0.4, -0.2) is 42.6 Å². The Kier molecular flexibility index (Phi) is 5.55. The number of hydrogen-bond donors (Lipinski definition) is 1. The zero-order valence-electron chi connectivity index (χ0n) is 12.5. The first-order chi connectivity index (χ1) is 9.36. The van der Waals surface area contributed by atoms with Crippen LogP contribution in [-0.2, 0) is 11.2 Å². The van der Waals surface area contributed by atoms with Gasteiger partial charge in [-0.05, 0) is 24.1 Å². The van der Waals surface area contributed by atoms with Crippen LogP contribution < -0.4 is 4.90 Å². The van der Waals surface area contributed by atoms with E-state index >= 15 is 0 Å². The summed E-state index contributed by atoms with van der Waals surface area (Å²) in [5.41, 5.74) is 2.00. The maximum absolute atomic E-state index is 12.2. The summed E-state index contributed by atoms with van der Waals surface area (Å²) in [6, 6.07) is 7.54. The number of amides is 2. The fourth-order valence-electron chi connectivity index (χ4n) is 1.89. The van der Waals surface area contributed by atoms with Crippen molar-refractivity contribution in [2.24, 2.45) is 5.92 Å². The zero-order chi connectivity index (χ0) is 15.3. The molecule has 1 rings (SSSR count). The third-order valence-electron chi connectivity index (χ3n) is 3.31. The Morgan fingerprint density at radius 1 is 1.20 bits per heavy atom. The highest BCUT2D eigenvalue weighted by Crippen LogP contribution is 2.16. The number of aryl methyl sites for hydroxylation is 1. The Balaban J connectivity index is 2.72. The Morgan fingerprint density at radius 2 is 1.75 bits per heavy atom. The molecule has 1 aromatic carbocycles. The van der Waals surface area contributed by atoms with Crippen LogP contribution in [0.15, 0.2) is 24.3 Å². The third kappa shape index (κ3) is 3.98. The van der Waals surface area contributed by atoms with Crippen molar-refractivity contribution in [1.29, 1.82) is 0 Å². The Labute approximate surface area is 119 Å². The smallest absolute Gasteiger partial charge is 0.323 e. The summed E-state index contributed by atoms with van der Waals surface area (Å²) >= 11 is 0. The largest absolute Gasteiger partial charge is 0.481 e. The van der Waals surface area contributed by atoms with Crippen molar-refractivity contribution >= 4 is 17.7 Å². The van der Waals surface area contributed by atoms with Gasteiger partial charge in [-0.25, -0.2) is 4.79 Å². The number of benzene rings is 1. The van der Waals surface area contributed by atoms with Gasteiger partial charge in [0.15, 0.2) is 0 Å². The highest BCUT2D eigenvalue weighted by molar-refractivity contribution is 5.91. The molecule has 1 N–H and O–H groups in total. The van der Waals surface area contributed by atoms with Crippen LogP contribution in [0.5, 0.6) is 0 Å². The van der Waals surface area contributed by atoms with Gasteiger partial charge in [-0.1, -0.05) is 26.0 Å². The number of aliphatic carboxylic acids is 1. The molecule has 0 aromatic heterocycles. The van der Waals surface area contributed by atoms with E-state index in [0.717, 1.165) is 12.1 Å². The van der Waals surface area contributed by atoms with Crippen molar-refractivity contribution in [2.75, 3.05) is 25.5 Å². The number of anilines is 1. The first-order valence-electron chi connectivity index (χ1n) is 6.67. The number of carboxylic acids is 1. The Bertz CT molecular complexity index is 471. The van der Waals surface area contributed by atoms with Crippen molar-refractivity contribution < 1.29 is 14.7 Å². The number of carbonyl (C=O) groups excluding carboxylic acids is 1. The molecule has 1 unspecified atom stereocenters. The van der Waals surface area contributed by atoms with Crippen molar-refractivity contribution in [1.82, 2.24) is 4.90 Å². The summed E-state index contributed by atoms with van der Waals surface area (Å²) in [6.45, 7) is 3.85. The lowest BCUT2D eigenvalue weighted by Crippen LogP contribution is -2.41. The van der Waals surface area contributed by atoms with Crippen LogP contribution in [0, 0.1) is 5.92 Å². The number of urea groups is 1. The second-order valence-electron chi connectivity index (χ2n) is 4.98. The topological polar surface area (TPSA) is 60.9 Å². The molecule has 0 fully saturated rings. The van der Waals surface area contributed by atoms with Crippen LogP contribution in [0.3, 0.4) is 0 Å². The van der Waals surface area contributed by atoms with Gasteiger partial charge in [-0.15, -0.1) is 0 Å². The zero-order valence-corrected chi connectivity index (χ0v) is 12.5. The average Bonchev–Trinajstić information content (AvgIpc) is 2.45. The molecule has 20 heavy (non-hydrogen) atoms. The summed E-state index contributed by atoms with van der Waals surface area (Å²) in [5.74, 6) is -1.49. The predicted molar refractivity (Wildman–Crippen MR) is 79.0 cm³/mol. The van der Waals surface area contributed by atoms with Crippen molar-refractivity contribution in [2.45, 2.75) is 20.3 Å². The standard InChI is InChI=1S/C15H22N2O3/c1-5-12-6-8-13(9-7-12)17(4)15(20)16(3)10-11(2)14(18)19/h6-9,11H,5,10H2,1-4H3,(H,18,19). The molecule has 110 valence electrons. The van der Waals surface area contributed by atoms with Crippen LogP contribution in [0.2, 0.25) is 0 Å². The minimum absolute atomic E-state index is 0.186. The van der Waals surface area contributed by atoms with Gasteiger partial charge in [0.25, 0.3) is 0 Å². The van der Waals surface area contributed by atoms with E-state index in [9.17, 15) is 9.59 Å². The quantitative estimate of drug-likeness (QED) is 0.900. The lowest BCUT2D eigenvalue weighted by atomic mass is 10.1. The van der Waals surface area contributed by atoms with Crippen LogP contribution in [0.4, 0.5) is 10.5 Å². The summed E-state index contributed by atoms with van der Waals surface area (Å²) in [6.07, 6.45) is 0.952. The fraction of sp³-hybridized carbons (Fsp3) is 0.467. The van der Waals surface area contributed by atoms with E-state index < -0.39 is 11.9 Å². The number of carboxylic acid groups (broad SMARTS) is 1. The van der Waals surface area contributed by atoms with E-state index in [0.29, 0.717) is 0 Å². The van der Waals surface area contributed by atoms with E-state index in [1.54, 1.807) is 21.0 Å². The molecule has 0 saturated heterocycles. The third-order valence-corrected chi connectivity index (χ3v) is 3.31. The lowest BCUT2D eigenvalue weighted by Gasteiger charge is -2.26. The fourth-order valence-corrected chi connectivity index (χ4v) is 1.89. The van der Waals surface area contributed by atoms with E-state index in [2.05, 4.69) is 6.92 Å². The van der Waals surface area contributed by atoms with E-state index in [1.807, 2.05) is 24.3 Å². The Morgan fingerprint density at radius 3 is 2.20 bits per heavy atom. The highest BCUT2D eigenvalue weighted by Gasteiger charge is 2.20. The van der Waals surface area contributed by atoms with Gasteiger partial charge >= 0.3 is 12.0 Å². The molecule has 2 amide bonds. The van der Waals surface area contributed by atoms with Gasteiger partial charge in [0, 0.05) is 26.3 Å².